The van der Waals surface area contributed by atoms with Crippen LogP contribution in [0.4, 0.5) is 5.82 Å². The SMILES string of the molecule is CCC(C)(CCl)Nc1ccc(C)nn1. The van der Waals surface area contributed by atoms with E-state index in [-0.39, 0.29) is 5.54 Å². The Kier molecular flexibility index (Phi) is 3.69. The minimum Gasteiger partial charge on any atom is -0.362 e. The highest BCUT2D eigenvalue weighted by Gasteiger charge is 2.20. The summed E-state index contributed by atoms with van der Waals surface area (Å²) in [7, 11) is 0. The van der Waals surface area contributed by atoms with Gasteiger partial charge in [-0.2, -0.15) is 5.10 Å². The van der Waals surface area contributed by atoms with Crippen LogP contribution in [-0.2, 0) is 0 Å². The van der Waals surface area contributed by atoms with E-state index in [2.05, 4.69) is 29.4 Å². The summed E-state index contributed by atoms with van der Waals surface area (Å²) in [5.41, 5.74) is 0.811. The maximum Gasteiger partial charge on any atom is 0.149 e. The average Bonchev–Trinajstić information content (AvgIpc) is 2.21. The Hall–Kier alpha value is -0.830. The maximum absolute atomic E-state index is 5.88. The molecule has 0 bridgehead atoms. The van der Waals surface area contributed by atoms with E-state index in [1.807, 2.05) is 19.1 Å². The number of anilines is 1. The smallest absolute Gasteiger partial charge is 0.149 e. The number of nitrogens with one attached hydrogen (secondary N) is 1. The van der Waals surface area contributed by atoms with Crippen molar-refractivity contribution in [2.24, 2.45) is 0 Å². The fourth-order valence-corrected chi connectivity index (χ4v) is 1.25. The number of hydrogen-bond acceptors (Lipinski definition) is 3. The molecule has 1 unspecified atom stereocenters. The van der Waals surface area contributed by atoms with Crippen LogP contribution in [-0.4, -0.2) is 21.6 Å². The molecule has 1 aromatic rings. The molecule has 14 heavy (non-hydrogen) atoms. The fraction of sp³-hybridized carbons (Fsp3) is 0.600. The van der Waals surface area contributed by atoms with Crippen LogP contribution in [0.15, 0.2) is 12.1 Å². The molecule has 0 aliphatic carbocycles. The number of nitrogens with zero attached hydrogens (tertiary/aromatic N) is 2. The molecule has 0 amide bonds. The number of aromatic nitrogens is 2. The highest BCUT2D eigenvalue weighted by atomic mass is 35.5. The van der Waals surface area contributed by atoms with Crippen LogP contribution in [0, 0.1) is 6.92 Å². The standard InChI is InChI=1S/C10H16ClN3/c1-4-10(3,7-11)12-9-6-5-8(2)13-14-9/h5-6H,4,7H2,1-3H3,(H,12,14). The van der Waals surface area contributed by atoms with Gasteiger partial charge in [-0.1, -0.05) is 6.92 Å². The van der Waals surface area contributed by atoms with Gasteiger partial charge in [-0.15, -0.1) is 16.7 Å². The lowest BCUT2D eigenvalue weighted by molar-refractivity contribution is 0.550. The molecule has 0 saturated carbocycles. The van der Waals surface area contributed by atoms with Crippen LogP contribution in [0.5, 0.6) is 0 Å². The summed E-state index contributed by atoms with van der Waals surface area (Å²) in [5, 5.41) is 11.3. The molecule has 4 heteroatoms. The molecule has 3 nitrogen and oxygen atoms in total. The van der Waals surface area contributed by atoms with E-state index in [4.69, 9.17) is 11.6 Å². The van der Waals surface area contributed by atoms with Gasteiger partial charge in [-0.05, 0) is 32.4 Å². The molecule has 0 fully saturated rings. The quantitative estimate of drug-likeness (QED) is 0.782. The summed E-state index contributed by atoms with van der Waals surface area (Å²) >= 11 is 5.88. The summed E-state index contributed by atoms with van der Waals surface area (Å²) < 4.78 is 0. The third-order valence-electron chi connectivity index (χ3n) is 2.30. The van der Waals surface area contributed by atoms with Gasteiger partial charge in [-0.3, -0.25) is 0 Å². The topological polar surface area (TPSA) is 37.8 Å². The number of halogens is 1. The van der Waals surface area contributed by atoms with E-state index in [1.54, 1.807) is 0 Å². The van der Waals surface area contributed by atoms with E-state index in [0.717, 1.165) is 17.9 Å². The Labute approximate surface area is 89.9 Å². The predicted octanol–water partition coefficient (Wildman–Crippen LogP) is 2.60. The van der Waals surface area contributed by atoms with Gasteiger partial charge in [0.05, 0.1) is 5.69 Å². The van der Waals surface area contributed by atoms with E-state index in [1.165, 1.54) is 0 Å². The van der Waals surface area contributed by atoms with Gasteiger partial charge in [0.25, 0.3) is 0 Å². The minimum absolute atomic E-state index is 0.106. The molecule has 1 rings (SSSR count). The Balaban J connectivity index is 2.72. The average molecular weight is 214 g/mol. The lowest BCUT2D eigenvalue weighted by atomic mass is 10.0. The zero-order valence-corrected chi connectivity index (χ0v) is 9.60. The Bertz CT molecular complexity index is 280. The Morgan fingerprint density at radius 1 is 1.43 bits per heavy atom. The van der Waals surface area contributed by atoms with Crippen LogP contribution in [0.2, 0.25) is 0 Å². The van der Waals surface area contributed by atoms with Crippen molar-refractivity contribution in [3.63, 3.8) is 0 Å². The highest BCUT2D eigenvalue weighted by Crippen LogP contribution is 2.17. The zero-order valence-electron chi connectivity index (χ0n) is 8.84. The van der Waals surface area contributed by atoms with Crippen LogP contribution in [0.25, 0.3) is 0 Å². The molecule has 0 spiro atoms. The van der Waals surface area contributed by atoms with Gasteiger partial charge in [0.15, 0.2) is 0 Å². The maximum atomic E-state index is 5.88. The molecule has 0 radical (unpaired) electrons. The van der Waals surface area contributed by atoms with E-state index in [0.29, 0.717) is 5.88 Å². The molecular weight excluding hydrogens is 198 g/mol. The molecule has 1 N–H and O–H groups in total. The molecule has 1 atom stereocenters. The molecule has 0 aliphatic rings. The monoisotopic (exact) mass is 213 g/mol. The lowest BCUT2D eigenvalue weighted by Crippen LogP contribution is -2.36. The molecule has 1 heterocycles. The van der Waals surface area contributed by atoms with Crippen molar-refractivity contribution in [3.8, 4) is 0 Å². The van der Waals surface area contributed by atoms with Gasteiger partial charge in [0, 0.05) is 11.4 Å². The van der Waals surface area contributed by atoms with Crippen molar-refractivity contribution in [1.29, 1.82) is 0 Å². The molecule has 78 valence electrons. The summed E-state index contributed by atoms with van der Waals surface area (Å²) in [5.74, 6) is 1.33. The summed E-state index contributed by atoms with van der Waals surface area (Å²) in [6.07, 6.45) is 0.950. The Morgan fingerprint density at radius 3 is 2.57 bits per heavy atom. The van der Waals surface area contributed by atoms with Crippen molar-refractivity contribution < 1.29 is 0 Å². The lowest BCUT2D eigenvalue weighted by Gasteiger charge is -2.27. The largest absolute Gasteiger partial charge is 0.362 e. The first-order valence-corrected chi connectivity index (χ1v) is 5.27. The first-order valence-electron chi connectivity index (χ1n) is 4.74. The Morgan fingerprint density at radius 2 is 2.14 bits per heavy atom. The van der Waals surface area contributed by atoms with Gasteiger partial charge in [-0.25, -0.2) is 0 Å². The molecule has 0 saturated heterocycles. The molecule has 0 aliphatic heterocycles. The minimum atomic E-state index is -0.106. The molecule has 1 aromatic heterocycles. The first-order chi connectivity index (χ1) is 6.59. The van der Waals surface area contributed by atoms with Crippen LogP contribution >= 0.6 is 11.6 Å². The van der Waals surface area contributed by atoms with Crippen molar-refractivity contribution >= 4 is 17.4 Å². The first kappa shape index (κ1) is 11.2. The second kappa shape index (κ2) is 4.60. The van der Waals surface area contributed by atoms with Gasteiger partial charge >= 0.3 is 0 Å². The number of rotatable bonds is 4. The second-order valence-corrected chi connectivity index (χ2v) is 4.00. The summed E-state index contributed by atoms with van der Waals surface area (Å²) in [4.78, 5) is 0. The van der Waals surface area contributed by atoms with Crippen molar-refractivity contribution in [3.05, 3.63) is 17.8 Å². The number of aryl methyl sites for hydroxylation is 1. The summed E-state index contributed by atoms with van der Waals surface area (Å²) in [6.45, 7) is 6.08. The van der Waals surface area contributed by atoms with Crippen molar-refractivity contribution in [2.45, 2.75) is 32.7 Å². The molecule has 0 aromatic carbocycles. The number of hydrogen-bond donors (Lipinski definition) is 1. The fourth-order valence-electron chi connectivity index (χ4n) is 0.991. The van der Waals surface area contributed by atoms with Gasteiger partial charge in [0.2, 0.25) is 0 Å². The van der Waals surface area contributed by atoms with Gasteiger partial charge < -0.3 is 5.32 Å². The van der Waals surface area contributed by atoms with Crippen LogP contribution < -0.4 is 5.32 Å². The van der Waals surface area contributed by atoms with Crippen LogP contribution in [0.3, 0.4) is 0 Å². The highest BCUT2D eigenvalue weighted by molar-refractivity contribution is 6.18. The van der Waals surface area contributed by atoms with Crippen LogP contribution in [0.1, 0.15) is 26.0 Å². The molecular formula is C10H16ClN3. The summed E-state index contributed by atoms with van der Waals surface area (Å²) in [6, 6.07) is 3.85. The number of alkyl halides is 1. The van der Waals surface area contributed by atoms with Crippen molar-refractivity contribution in [2.75, 3.05) is 11.2 Å². The third-order valence-corrected chi connectivity index (χ3v) is 2.89. The van der Waals surface area contributed by atoms with E-state index in [9.17, 15) is 0 Å². The van der Waals surface area contributed by atoms with E-state index < -0.39 is 0 Å². The normalized spacial score (nSPS) is 14.9. The third kappa shape index (κ3) is 2.84. The predicted molar refractivity (Wildman–Crippen MR) is 59.8 cm³/mol. The second-order valence-electron chi connectivity index (χ2n) is 3.73. The van der Waals surface area contributed by atoms with E-state index >= 15 is 0 Å². The van der Waals surface area contributed by atoms with Gasteiger partial charge in [0.1, 0.15) is 5.82 Å². The zero-order chi connectivity index (χ0) is 10.6. The van der Waals surface area contributed by atoms with Crippen molar-refractivity contribution in [1.82, 2.24) is 10.2 Å².